The van der Waals surface area contributed by atoms with Gasteiger partial charge in [0.1, 0.15) is 0 Å². The molecule has 136 valence electrons. The number of methoxy groups -OCH3 is 1. The van der Waals surface area contributed by atoms with Crippen molar-refractivity contribution in [1.29, 1.82) is 0 Å². The Morgan fingerprint density at radius 3 is 2.92 bits per heavy atom. The molecule has 2 amide bonds. The van der Waals surface area contributed by atoms with Crippen LogP contribution in [-0.4, -0.2) is 57.5 Å². The van der Waals surface area contributed by atoms with Crippen molar-refractivity contribution in [3.63, 3.8) is 0 Å². The number of nitrogens with one attached hydrogen (secondary N) is 1. The molecule has 0 aliphatic carbocycles. The van der Waals surface area contributed by atoms with Gasteiger partial charge in [0.25, 0.3) is 5.91 Å². The Bertz CT molecular complexity index is 637. The van der Waals surface area contributed by atoms with Gasteiger partial charge in [-0.2, -0.15) is 0 Å². The number of benzene rings is 1. The minimum Gasteiger partial charge on any atom is -0.455 e. The number of anilines is 1. The fourth-order valence-corrected chi connectivity index (χ4v) is 2.94. The van der Waals surface area contributed by atoms with Crippen molar-refractivity contribution in [2.75, 3.05) is 44.6 Å². The lowest BCUT2D eigenvalue weighted by molar-refractivity contribution is -0.152. The molecule has 0 aromatic heterocycles. The largest absolute Gasteiger partial charge is 0.455 e. The minimum atomic E-state index is -0.558. The summed E-state index contributed by atoms with van der Waals surface area (Å²) in [5.41, 5.74) is 0.768. The van der Waals surface area contributed by atoms with E-state index < -0.39 is 11.9 Å². The van der Waals surface area contributed by atoms with Crippen molar-refractivity contribution in [3.8, 4) is 0 Å². The summed E-state index contributed by atoms with van der Waals surface area (Å²) < 4.78 is 9.84. The Balaban J connectivity index is 1.86. The summed E-state index contributed by atoms with van der Waals surface area (Å²) in [4.78, 5) is 38.5. The SMILES string of the molecule is COCCNC(=O)COC(=O)[C@H]1CC(=O)N(c2cccc(SC)c2)C1. The second-order valence-corrected chi connectivity index (χ2v) is 6.44. The monoisotopic (exact) mass is 366 g/mol. The van der Waals surface area contributed by atoms with E-state index >= 15 is 0 Å². The van der Waals surface area contributed by atoms with Crippen LogP contribution < -0.4 is 10.2 Å². The Labute approximate surface area is 151 Å². The Kier molecular flexibility index (Phi) is 7.27. The molecule has 1 fully saturated rings. The zero-order valence-electron chi connectivity index (χ0n) is 14.3. The highest BCUT2D eigenvalue weighted by Crippen LogP contribution is 2.28. The Hall–Kier alpha value is -2.06. The molecule has 1 atom stereocenters. The first kappa shape index (κ1) is 19.3. The molecule has 1 saturated heterocycles. The summed E-state index contributed by atoms with van der Waals surface area (Å²) in [7, 11) is 1.53. The molecule has 1 aromatic rings. The third-order valence-corrected chi connectivity index (χ3v) is 4.52. The predicted octanol–water partition coefficient (Wildman–Crippen LogP) is 1.07. The van der Waals surface area contributed by atoms with Gasteiger partial charge in [0, 0.05) is 37.2 Å². The first-order chi connectivity index (χ1) is 12.0. The smallest absolute Gasteiger partial charge is 0.311 e. The van der Waals surface area contributed by atoms with Gasteiger partial charge in [0.05, 0.1) is 12.5 Å². The molecule has 0 spiro atoms. The van der Waals surface area contributed by atoms with Gasteiger partial charge < -0.3 is 19.7 Å². The number of nitrogens with zero attached hydrogens (tertiary/aromatic N) is 1. The average Bonchev–Trinajstić information content (AvgIpc) is 3.02. The first-order valence-electron chi connectivity index (χ1n) is 7.92. The van der Waals surface area contributed by atoms with Gasteiger partial charge in [-0.25, -0.2) is 0 Å². The van der Waals surface area contributed by atoms with Gasteiger partial charge in [-0.3, -0.25) is 14.4 Å². The topological polar surface area (TPSA) is 84.9 Å². The summed E-state index contributed by atoms with van der Waals surface area (Å²) in [6, 6.07) is 7.60. The van der Waals surface area contributed by atoms with Crippen molar-refractivity contribution >= 4 is 35.2 Å². The molecule has 8 heteroatoms. The highest BCUT2D eigenvalue weighted by Gasteiger charge is 2.36. The molecule has 1 aromatic carbocycles. The van der Waals surface area contributed by atoms with Crippen molar-refractivity contribution < 1.29 is 23.9 Å². The molecular weight excluding hydrogens is 344 g/mol. The average molecular weight is 366 g/mol. The van der Waals surface area contributed by atoms with E-state index in [-0.39, 0.29) is 31.4 Å². The lowest BCUT2D eigenvalue weighted by Crippen LogP contribution is -2.33. The Morgan fingerprint density at radius 1 is 1.40 bits per heavy atom. The number of rotatable bonds is 8. The predicted molar refractivity (Wildman–Crippen MR) is 94.5 cm³/mol. The van der Waals surface area contributed by atoms with Crippen molar-refractivity contribution in [2.24, 2.45) is 5.92 Å². The van der Waals surface area contributed by atoms with E-state index in [1.807, 2.05) is 30.5 Å². The van der Waals surface area contributed by atoms with Gasteiger partial charge in [-0.05, 0) is 24.5 Å². The van der Waals surface area contributed by atoms with E-state index in [9.17, 15) is 14.4 Å². The van der Waals surface area contributed by atoms with Crippen LogP contribution in [0.2, 0.25) is 0 Å². The summed E-state index contributed by atoms with van der Waals surface area (Å²) in [6.45, 7) is 0.658. The zero-order valence-corrected chi connectivity index (χ0v) is 15.1. The standard InChI is InChI=1S/C17H22N2O5S/c1-23-7-6-18-15(20)11-24-17(22)12-8-16(21)19(10-12)13-4-3-5-14(9-13)25-2/h3-5,9,12H,6-8,10-11H2,1-2H3,(H,18,20)/t12-/m0/s1. The number of carbonyl (C=O) groups excluding carboxylic acids is 3. The fourth-order valence-electron chi connectivity index (χ4n) is 2.49. The normalized spacial score (nSPS) is 16.8. The summed E-state index contributed by atoms with van der Waals surface area (Å²) >= 11 is 1.59. The number of ether oxygens (including phenoxy) is 2. The van der Waals surface area contributed by atoms with Crippen molar-refractivity contribution in [2.45, 2.75) is 11.3 Å². The van der Waals surface area contributed by atoms with E-state index in [1.54, 1.807) is 16.7 Å². The molecule has 1 aliphatic rings. The molecule has 1 aliphatic heterocycles. The van der Waals surface area contributed by atoms with Crippen LogP contribution in [0.4, 0.5) is 5.69 Å². The van der Waals surface area contributed by atoms with Crippen LogP contribution in [0.3, 0.4) is 0 Å². The molecule has 0 saturated carbocycles. The summed E-state index contributed by atoms with van der Waals surface area (Å²) in [5, 5.41) is 2.56. The Morgan fingerprint density at radius 2 is 2.20 bits per heavy atom. The first-order valence-corrected chi connectivity index (χ1v) is 9.14. The van der Waals surface area contributed by atoms with Crippen LogP contribution in [0.15, 0.2) is 29.2 Å². The minimum absolute atomic E-state index is 0.0909. The number of amides is 2. The number of carbonyl (C=O) groups is 3. The van der Waals surface area contributed by atoms with Gasteiger partial charge in [0.2, 0.25) is 5.91 Å². The molecule has 1 N–H and O–H groups in total. The van der Waals surface area contributed by atoms with Gasteiger partial charge in [-0.15, -0.1) is 11.8 Å². The highest BCUT2D eigenvalue weighted by atomic mass is 32.2. The second-order valence-electron chi connectivity index (χ2n) is 5.56. The van der Waals surface area contributed by atoms with Crippen molar-refractivity contribution in [3.05, 3.63) is 24.3 Å². The van der Waals surface area contributed by atoms with E-state index in [2.05, 4.69) is 5.32 Å². The van der Waals surface area contributed by atoms with Crippen LogP contribution in [-0.2, 0) is 23.9 Å². The molecule has 1 heterocycles. The second kappa shape index (κ2) is 9.43. The van der Waals surface area contributed by atoms with Gasteiger partial charge in [0.15, 0.2) is 6.61 Å². The number of hydrogen-bond donors (Lipinski definition) is 1. The maximum absolute atomic E-state index is 12.2. The lowest BCUT2D eigenvalue weighted by atomic mass is 10.1. The quantitative estimate of drug-likeness (QED) is 0.421. The van der Waals surface area contributed by atoms with E-state index in [0.717, 1.165) is 10.6 Å². The number of thioether (sulfide) groups is 1. The summed E-state index contributed by atoms with van der Waals surface area (Å²) in [5.74, 6) is -1.60. The third kappa shape index (κ3) is 5.47. The molecular formula is C17H22N2O5S. The van der Waals surface area contributed by atoms with Gasteiger partial charge >= 0.3 is 5.97 Å². The molecule has 25 heavy (non-hydrogen) atoms. The van der Waals surface area contributed by atoms with Crippen LogP contribution in [0.5, 0.6) is 0 Å². The maximum atomic E-state index is 12.2. The molecule has 0 unspecified atom stereocenters. The molecule has 2 rings (SSSR count). The van der Waals surface area contributed by atoms with E-state index in [1.165, 1.54) is 7.11 Å². The maximum Gasteiger partial charge on any atom is 0.311 e. The fraction of sp³-hybridized carbons (Fsp3) is 0.471. The van der Waals surface area contributed by atoms with E-state index in [4.69, 9.17) is 9.47 Å². The number of hydrogen-bond acceptors (Lipinski definition) is 6. The zero-order chi connectivity index (χ0) is 18.2. The van der Waals surface area contributed by atoms with Crippen LogP contribution >= 0.6 is 11.8 Å². The molecule has 7 nitrogen and oxygen atoms in total. The third-order valence-electron chi connectivity index (χ3n) is 3.80. The molecule has 0 radical (unpaired) electrons. The number of esters is 1. The van der Waals surface area contributed by atoms with Gasteiger partial charge in [-0.1, -0.05) is 6.07 Å². The summed E-state index contributed by atoms with van der Waals surface area (Å²) in [6.07, 6.45) is 2.05. The van der Waals surface area contributed by atoms with E-state index in [0.29, 0.717) is 13.2 Å². The molecule has 0 bridgehead atoms. The van der Waals surface area contributed by atoms with Crippen LogP contribution in [0, 0.1) is 5.92 Å². The lowest BCUT2D eigenvalue weighted by Gasteiger charge is -2.17. The van der Waals surface area contributed by atoms with Crippen LogP contribution in [0.25, 0.3) is 0 Å². The highest BCUT2D eigenvalue weighted by molar-refractivity contribution is 7.98. The van der Waals surface area contributed by atoms with Crippen molar-refractivity contribution in [1.82, 2.24) is 5.32 Å². The van der Waals surface area contributed by atoms with Crippen LogP contribution in [0.1, 0.15) is 6.42 Å².